The molecule has 0 fully saturated rings. The molecule has 3 heteroatoms. The topological polar surface area (TPSA) is 34.4 Å². The maximum absolute atomic E-state index is 5.58. The third-order valence-electron chi connectivity index (χ3n) is 2.47. The van der Waals surface area contributed by atoms with Crippen molar-refractivity contribution in [3.05, 3.63) is 23.7 Å². The molecule has 0 aliphatic heterocycles. The van der Waals surface area contributed by atoms with E-state index in [0.717, 1.165) is 31.0 Å². The first-order valence-electron chi connectivity index (χ1n) is 5.41. The van der Waals surface area contributed by atoms with E-state index in [4.69, 9.17) is 9.15 Å². The van der Waals surface area contributed by atoms with E-state index in [1.54, 1.807) is 7.11 Å². The molecule has 0 bridgehead atoms. The fourth-order valence-electron chi connectivity index (χ4n) is 1.27. The molecule has 0 aromatic carbocycles. The summed E-state index contributed by atoms with van der Waals surface area (Å²) in [5, 5.41) is 3.31. The molecule has 0 aliphatic rings. The van der Waals surface area contributed by atoms with Crippen molar-refractivity contribution in [1.82, 2.24) is 5.32 Å². The normalized spacial score (nSPS) is 12.0. The number of nitrogens with one attached hydrogen (secondary N) is 1. The fourth-order valence-corrected chi connectivity index (χ4v) is 1.27. The summed E-state index contributed by atoms with van der Waals surface area (Å²) in [7, 11) is 1.73. The van der Waals surface area contributed by atoms with Gasteiger partial charge in [0.1, 0.15) is 11.5 Å². The van der Waals surface area contributed by atoms with Crippen LogP contribution in [0.1, 0.15) is 32.3 Å². The third-order valence-corrected chi connectivity index (χ3v) is 2.47. The second-order valence-electron chi connectivity index (χ2n) is 4.29. The SMILES string of the molecule is CCc1ccc(CNCC(C)(C)OC)o1. The predicted molar refractivity (Wildman–Crippen MR) is 60.9 cm³/mol. The van der Waals surface area contributed by atoms with Gasteiger partial charge in [0.25, 0.3) is 0 Å². The molecule has 15 heavy (non-hydrogen) atoms. The Morgan fingerprint density at radius 3 is 2.53 bits per heavy atom. The van der Waals surface area contributed by atoms with Crippen LogP contribution in [0.4, 0.5) is 0 Å². The molecule has 86 valence electrons. The van der Waals surface area contributed by atoms with Crippen LogP contribution in [0.3, 0.4) is 0 Å². The van der Waals surface area contributed by atoms with E-state index in [2.05, 4.69) is 26.1 Å². The molecule has 0 aliphatic carbocycles. The zero-order valence-electron chi connectivity index (χ0n) is 10.1. The van der Waals surface area contributed by atoms with Gasteiger partial charge in [-0.25, -0.2) is 0 Å². The minimum atomic E-state index is -0.125. The van der Waals surface area contributed by atoms with Gasteiger partial charge in [0, 0.05) is 20.1 Å². The van der Waals surface area contributed by atoms with E-state index >= 15 is 0 Å². The minimum absolute atomic E-state index is 0.125. The molecule has 1 aromatic rings. The predicted octanol–water partition coefficient (Wildman–Crippen LogP) is 2.36. The van der Waals surface area contributed by atoms with Gasteiger partial charge in [-0.3, -0.25) is 0 Å². The zero-order chi connectivity index (χ0) is 11.3. The molecular formula is C12H21NO2. The van der Waals surface area contributed by atoms with Crippen LogP contribution in [0.2, 0.25) is 0 Å². The summed E-state index contributed by atoms with van der Waals surface area (Å²) >= 11 is 0. The summed E-state index contributed by atoms with van der Waals surface area (Å²) in [6.07, 6.45) is 0.948. The fraction of sp³-hybridized carbons (Fsp3) is 0.667. The molecule has 1 rings (SSSR count). The number of methoxy groups -OCH3 is 1. The van der Waals surface area contributed by atoms with Crippen LogP contribution < -0.4 is 5.32 Å². The van der Waals surface area contributed by atoms with Crippen molar-refractivity contribution in [2.75, 3.05) is 13.7 Å². The molecule has 0 radical (unpaired) electrons. The van der Waals surface area contributed by atoms with Gasteiger partial charge < -0.3 is 14.5 Å². The largest absolute Gasteiger partial charge is 0.465 e. The maximum atomic E-state index is 5.58. The Bertz CT molecular complexity index is 292. The van der Waals surface area contributed by atoms with Crippen LogP contribution in [0, 0.1) is 0 Å². The summed E-state index contributed by atoms with van der Waals surface area (Å²) in [6.45, 7) is 7.77. The molecule has 0 amide bonds. The maximum Gasteiger partial charge on any atom is 0.117 e. The van der Waals surface area contributed by atoms with Crippen molar-refractivity contribution >= 4 is 0 Å². The van der Waals surface area contributed by atoms with E-state index < -0.39 is 0 Å². The van der Waals surface area contributed by atoms with Gasteiger partial charge in [-0.2, -0.15) is 0 Å². The molecular weight excluding hydrogens is 190 g/mol. The first-order valence-corrected chi connectivity index (χ1v) is 5.41. The second kappa shape index (κ2) is 5.33. The molecule has 0 spiro atoms. The highest BCUT2D eigenvalue weighted by Gasteiger charge is 2.15. The van der Waals surface area contributed by atoms with Crippen molar-refractivity contribution in [3.8, 4) is 0 Å². The van der Waals surface area contributed by atoms with Gasteiger partial charge in [-0.1, -0.05) is 6.92 Å². The Balaban J connectivity index is 2.31. The minimum Gasteiger partial charge on any atom is -0.465 e. The van der Waals surface area contributed by atoms with Gasteiger partial charge in [0.2, 0.25) is 0 Å². The van der Waals surface area contributed by atoms with Crippen LogP contribution in [-0.4, -0.2) is 19.3 Å². The number of rotatable bonds is 6. The summed E-state index contributed by atoms with van der Waals surface area (Å²) in [4.78, 5) is 0. The number of furan rings is 1. The van der Waals surface area contributed by atoms with Crippen molar-refractivity contribution in [2.24, 2.45) is 0 Å². The van der Waals surface area contributed by atoms with E-state index in [-0.39, 0.29) is 5.60 Å². The van der Waals surface area contributed by atoms with Gasteiger partial charge >= 0.3 is 0 Å². The first-order chi connectivity index (χ1) is 7.07. The molecule has 3 nitrogen and oxygen atoms in total. The molecule has 0 atom stereocenters. The number of hydrogen-bond donors (Lipinski definition) is 1. The van der Waals surface area contributed by atoms with Crippen LogP contribution in [0.5, 0.6) is 0 Å². The third kappa shape index (κ3) is 4.06. The van der Waals surface area contributed by atoms with Crippen LogP contribution >= 0.6 is 0 Å². The Hall–Kier alpha value is -0.800. The van der Waals surface area contributed by atoms with Crippen molar-refractivity contribution < 1.29 is 9.15 Å². The molecule has 1 N–H and O–H groups in total. The summed E-state index contributed by atoms with van der Waals surface area (Å²) in [5.74, 6) is 2.02. The lowest BCUT2D eigenvalue weighted by atomic mass is 10.1. The number of aryl methyl sites for hydroxylation is 1. The van der Waals surface area contributed by atoms with Gasteiger partial charge in [0.05, 0.1) is 12.1 Å². The smallest absolute Gasteiger partial charge is 0.117 e. The van der Waals surface area contributed by atoms with Crippen LogP contribution in [-0.2, 0) is 17.7 Å². The molecule has 1 aromatic heterocycles. The summed E-state index contributed by atoms with van der Waals surface area (Å²) in [5.41, 5.74) is -0.125. The van der Waals surface area contributed by atoms with Gasteiger partial charge in [0.15, 0.2) is 0 Å². The monoisotopic (exact) mass is 211 g/mol. The van der Waals surface area contributed by atoms with Crippen LogP contribution in [0.15, 0.2) is 16.5 Å². The Kier molecular flexibility index (Phi) is 4.36. The average molecular weight is 211 g/mol. The van der Waals surface area contributed by atoms with Gasteiger partial charge in [-0.05, 0) is 26.0 Å². The highest BCUT2D eigenvalue weighted by atomic mass is 16.5. The average Bonchev–Trinajstić information content (AvgIpc) is 2.66. The van der Waals surface area contributed by atoms with Crippen molar-refractivity contribution in [3.63, 3.8) is 0 Å². The molecule has 1 heterocycles. The van der Waals surface area contributed by atoms with Crippen molar-refractivity contribution in [2.45, 2.75) is 39.3 Å². The highest BCUT2D eigenvalue weighted by molar-refractivity contribution is 5.06. The van der Waals surface area contributed by atoms with Crippen molar-refractivity contribution in [1.29, 1.82) is 0 Å². The zero-order valence-corrected chi connectivity index (χ0v) is 10.1. The molecule has 0 saturated carbocycles. The highest BCUT2D eigenvalue weighted by Crippen LogP contribution is 2.09. The van der Waals surface area contributed by atoms with Gasteiger partial charge in [-0.15, -0.1) is 0 Å². The standard InChI is InChI=1S/C12H21NO2/c1-5-10-6-7-11(15-10)8-13-9-12(2,3)14-4/h6-7,13H,5,8-9H2,1-4H3. The lowest BCUT2D eigenvalue weighted by Gasteiger charge is -2.22. The Labute approximate surface area is 91.8 Å². The van der Waals surface area contributed by atoms with E-state index in [9.17, 15) is 0 Å². The number of ether oxygens (including phenoxy) is 1. The lowest BCUT2D eigenvalue weighted by Crippen LogP contribution is -2.36. The van der Waals surface area contributed by atoms with E-state index in [1.807, 2.05) is 12.1 Å². The summed E-state index contributed by atoms with van der Waals surface area (Å²) < 4.78 is 10.9. The van der Waals surface area contributed by atoms with E-state index in [0.29, 0.717) is 0 Å². The first kappa shape index (κ1) is 12.3. The molecule has 0 unspecified atom stereocenters. The Morgan fingerprint density at radius 1 is 1.33 bits per heavy atom. The van der Waals surface area contributed by atoms with E-state index in [1.165, 1.54) is 0 Å². The quantitative estimate of drug-likeness (QED) is 0.784. The lowest BCUT2D eigenvalue weighted by molar-refractivity contribution is 0.0227. The molecule has 0 saturated heterocycles. The second-order valence-corrected chi connectivity index (χ2v) is 4.29. The van der Waals surface area contributed by atoms with Crippen LogP contribution in [0.25, 0.3) is 0 Å². The number of hydrogen-bond acceptors (Lipinski definition) is 3. The Morgan fingerprint density at radius 2 is 2.00 bits per heavy atom. The summed E-state index contributed by atoms with van der Waals surface area (Å²) in [6, 6.07) is 4.05.